The topological polar surface area (TPSA) is 78.9 Å². The van der Waals surface area contributed by atoms with Gasteiger partial charge in [0.1, 0.15) is 13.2 Å². The van der Waals surface area contributed by atoms with Gasteiger partial charge >= 0.3 is 17.9 Å². The van der Waals surface area contributed by atoms with Crippen molar-refractivity contribution in [1.29, 1.82) is 0 Å². The van der Waals surface area contributed by atoms with E-state index in [1.54, 1.807) is 0 Å². The Balaban J connectivity index is 4.30. The Kier molecular flexibility index (Phi) is 59.7. The minimum absolute atomic E-state index is 0.0685. The van der Waals surface area contributed by atoms with E-state index in [0.717, 1.165) is 83.5 Å². The van der Waals surface area contributed by atoms with Crippen LogP contribution in [-0.2, 0) is 28.6 Å². The lowest BCUT2D eigenvalue weighted by atomic mass is 10.0. The second-order valence-corrected chi connectivity index (χ2v) is 21.7. The first-order valence-corrected chi connectivity index (χ1v) is 32.1. The highest BCUT2D eigenvalue weighted by Gasteiger charge is 2.19. The fourth-order valence-electron chi connectivity index (χ4n) is 9.56. The first-order valence-electron chi connectivity index (χ1n) is 32.1. The van der Waals surface area contributed by atoms with E-state index in [0.29, 0.717) is 19.3 Å². The van der Waals surface area contributed by atoms with E-state index in [1.165, 1.54) is 218 Å². The van der Waals surface area contributed by atoms with Gasteiger partial charge < -0.3 is 14.2 Å². The van der Waals surface area contributed by atoms with Gasteiger partial charge in [-0.25, -0.2) is 0 Å². The molecule has 0 bridgehead atoms. The van der Waals surface area contributed by atoms with Crippen LogP contribution in [0, 0.1) is 0 Å². The summed E-state index contributed by atoms with van der Waals surface area (Å²) in [5.74, 6) is -0.848. The van der Waals surface area contributed by atoms with Crippen LogP contribution >= 0.6 is 0 Å². The molecule has 426 valence electrons. The molecular weight excluding hydrogens is 901 g/mol. The summed E-state index contributed by atoms with van der Waals surface area (Å²) in [5.41, 5.74) is 0. The predicted molar refractivity (Wildman–Crippen MR) is 316 cm³/mol. The van der Waals surface area contributed by atoms with Crippen molar-refractivity contribution < 1.29 is 28.6 Å². The molecule has 73 heavy (non-hydrogen) atoms. The fourth-order valence-corrected chi connectivity index (χ4v) is 9.56. The van der Waals surface area contributed by atoms with Crippen LogP contribution in [-0.4, -0.2) is 37.2 Å². The van der Waals surface area contributed by atoms with Crippen molar-refractivity contribution in [2.24, 2.45) is 0 Å². The highest BCUT2D eigenvalue weighted by molar-refractivity contribution is 5.71. The van der Waals surface area contributed by atoms with Crippen molar-refractivity contribution in [1.82, 2.24) is 0 Å². The van der Waals surface area contributed by atoms with E-state index >= 15 is 0 Å². The van der Waals surface area contributed by atoms with Crippen LogP contribution in [0.5, 0.6) is 0 Å². The third-order valence-electron chi connectivity index (χ3n) is 14.3. The van der Waals surface area contributed by atoms with E-state index in [4.69, 9.17) is 14.2 Å². The predicted octanol–water partition coefficient (Wildman–Crippen LogP) is 21.8. The average Bonchev–Trinajstić information content (AvgIpc) is 3.39. The standard InChI is InChI=1S/C67H122O6/c1-4-7-10-13-16-19-22-25-28-31-32-33-34-35-36-37-40-42-45-48-51-54-57-60-66(69)72-63-64(73-67(70)61-58-55-52-49-46-43-39-30-27-24-21-18-15-12-9-6-3)62-71-65(68)59-56-53-50-47-44-41-38-29-26-23-20-17-14-11-8-5-2/h7,10,16,19,25,28,32-33,64H,4-6,8-9,11-15,17-18,20-24,26-27,29-31,34-63H2,1-3H3/b10-7-,19-16-,28-25-,33-32-. The number of hydrogen-bond donors (Lipinski definition) is 0. The minimum atomic E-state index is -0.771. The fraction of sp³-hybridized carbons (Fsp3) is 0.836. The normalized spacial score (nSPS) is 12.3. The number of carbonyl (C=O) groups is 3. The lowest BCUT2D eigenvalue weighted by molar-refractivity contribution is -0.167. The third-order valence-corrected chi connectivity index (χ3v) is 14.3. The highest BCUT2D eigenvalue weighted by Crippen LogP contribution is 2.18. The van der Waals surface area contributed by atoms with Crippen LogP contribution in [0.1, 0.15) is 342 Å². The number of unbranched alkanes of at least 4 members (excludes halogenated alkanes) is 40. The SMILES string of the molecule is CC/C=C\C/C=C\C/C=C\C/C=C\CCCCCCCCCCCCC(=O)OCC(COC(=O)CCCCCCCCCCCCCCCCCC)OC(=O)CCCCCCCCCCCCCCCCCC. The van der Waals surface area contributed by atoms with E-state index in [9.17, 15) is 14.4 Å². The molecule has 0 aromatic carbocycles. The molecule has 0 rings (SSSR count). The number of esters is 3. The molecule has 0 aromatic rings. The highest BCUT2D eigenvalue weighted by atomic mass is 16.6. The Morgan fingerprint density at radius 3 is 0.836 bits per heavy atom. The molecule has 6 heteroatoms. The lowest BCUT2D eigenvalue weighted by Crippen LogP contribution is -2.30. The molecule has 1 atom stereocenters. The second kappa shape index (κ2) is 61.9. The number of allylic oxidation sites excluding steroid dienone is 8. The van der Waals surface area contributed by atoms with Gasteiger partial charge in [0.25, 0.3) is 0 Å². The summed E-state index contributed by atoms with van der Waals surface area (Å²) >= 11 is 0. The number of ether oxygens (including phenoxy) is 3. The third kappa shape index (κ3) is 60.1. The first-order chi connectivity index (χ1) is 36.0. The Morgan fingerprint density at radius 2 is 0.534 bits per heavy atom. The van der Waals surface area contributed by atoms with E-state index < -0.39 is 6.10 Å². The molecule has 0 saturated carbocycles. The minimum Gasteiger partial charge on any atom is -0.462 e. The van der Waals surface area contributed by atoms with E-state index in [1.807, 2.05) is 0 Å². The van der Waals surface area contributed by atoms with Gasteiger partial charge in [-0.05, 0) is 57.8 Å². The van der Waals surface area contributed by atoms with Crippen molar-refractivity contribution in [2.45, 2.75) is 348 Å². The Hall–Kier alpha value is -2.63. The Bertz CT molecular complexity index is 1270. The van der Waals surface area contributed by atoms with Crippen molar-refractivity contribution in [2.75, 3.05) is 13.2 Å². The van der Waals surface area contributed by atoms with Crippen molar-refractivity contribution >= 4 is 17.9 Å². The molecule has 0 aliphatic carbocycles. The molecule has 0 aliphatic rings. The van der Waals surface area contributed by atoms with Gasteiger partial charge in [-0.3, -0.25) is 14.4 Å². The second-order valence-electron chi connectivity index (χ2n) is 21.7. The monoisotopic (exact) mass is 1020 g/mol. The van der Waals surface area contributed by atoms with Gasteiger partial charge in [0, 0.05) is 19.3 Å². The summed E-state index contributed by atoms with van der Waals surface area (Å²) in [6, 6.07) is 0. The Morgan fingerprint density at radius 1 is 0.288 bits per heavy atom. The number of hydrogen-bond acceptors (Lipinski definition) is 6. The van der Waals surface area contributed by atoms with Crippen LogP contribution in [0.15, 0.2) is 48.6 Å². The number of rotatable bonds is 59. The summed E-state index contributed by atoms with van der Waals surface area (Å²) in [4.78, 5) is 38.3. The molecule has 0 saturated heterocycles. The summed E-state index contributed by atoms with van der Waals surface area (Å²) in [6.07, 6.45) is 76.8. The van der Waals surface area contributed by atoms with Crippen molar-refractivity contribution in [3.8, 4) is 0 Å². The molecule has 0 amide bonds. The van der Waals surface area contributed by atoms with Crippen LogP contribution in [0.25, 0.3) is 0 Å². The van der Waals surface area contributed by atoms with E-state index in [-0.39, 0.29) is 31.1 Å². The molecule has 1 unspecified atom stereocenters. The van der Waals surface area contributed by atoms with Gasteiger partial charge in [-0.1, -0.05) is 313 Å². The molecule has 0 aliphatic heterocycles. The Labute approximate surface area is 454 Å². The maximum absolute atomic E-state index is 12.9. The molecular formula is C67H122O6. The zero-order valence-corrected chi connectivity index (χ0v) is 48.9. The van der Waals surface area contributed by atoms with E-state index in [2.05, 4.69) is 69.4 Å². The maximum atomic E-state index is 12.9. The summed E-state index contributed by atoms with van der Waals surface area (Å²) in [7, 11) is 0. The molecule has 0 spiro atoms. The smallest absolute Gasteiger partial charge is 0.306 e. The quantitative estimate of drug-likeness (QED) is 0.0261. The van der Waals surface area contributed by atoms with Crippen LogP contribution in [0.4, 0.5) is 0 Å². The van der Waals surface area contributed by atoms with Gasteiger partial charge in [0.2, 0.25) is 0 Å². The van der Waals surface area contributed by atoms with Crippen molar-refractivity contribution in [3.63, 3.8) is 0 Å². The van der Waals surface area contributed by atoms with Gasteiger partial charge in [-0.15, -0.1) is 0 Å². The molecule has 0 aromatic heterocycles. The zero-order chi connectivity index (χ0) is 52.9. The lowest BCUT2D eigenvalue weighted by Gasteiger charge is -2.18. The summed E-state index contributed by atoms with van der Waals surface area (Å²) in [6.45, 7) is 6.59. The molecule has 0 heterocycles. The average molecular weight is 1020 g/mol. The van der Waals surface area contributed by atoms with Gasteiger partial charge in [0.05, 0.1) is 0 Å². The molecule has 6 nitrogen and oxygen atoms in total. The molecule has 0 N–H and O–H groups in total. The zero-order valence-electron chi connectivity index (χ0n) is 48.9. The maximum Gasteiger partial charge on any atom is 0.306 e. The number of carbonyl (C=O) groups excluding carboxylic acids is 3. The summed E-state index contributed by atoms with van der Waals surface area (Å²) in [5, 5.41) is 0. The molecule has 0 radical (unpaired) electrons. The van der Waals surface area contributed by atoms with Crippen LogP contribution in [0.2, 0.25) is 0 Å². The van der Waals surface area contributed by atoms with Gasteiger partial charge in [0.15, 0.2) is 6.10 Å². The largest absolute Gasteiger partial charge is 0.462 e. The first kappa shape index (κ1) is 70.4. The van der Waals surface area contributed by atoms with Crippen LogP contribution in [0.3, 0.4) is 0 Å². The van der Waals surface area contributed by atoms with Crippen LogP contribution < -0.4 is 0 Å². The summed E-state index contributed by atoms with van der Waals surface area (Å²) < 4.78 is 17.0. The van der Waals surface area contributed by atoms with Gasteiger partial charge in [-0.2, -0.15) is 0 Å². The van der Waals surface area contributed by atoms with Crippen molar-refractivity contribution in [3.05, 3.63) is 48.6 Å². The molecule has 0 fully saturated rings.